The molecule has 1 amide bonds. The fourth-order valence-corrected chi connectivity index (χ4v) is 3.91. The molecule has 2 aromatic heterocycles. The first-order chi connectivity index (χ1) is 17.0. The number of benzene rings is 1. The summed E-state index contributed by atoms with van der Waals surface area (Å²) in [5.74, 6) is -1.92. The van der Waals surface area contributed by atoms with E-state index in [-0.39, 0.29) is 5.91 Å². The number of carboxylic acids is 1. The first-order valence-electron chi connectivity index (χ1n) is 11.2. The minimum Gasteiger partial charge on any atom is -0.475 e. The van der Waals surface area contributed by atoms with Crippen LogP contribution in [0.25, 0.3) is 16.9 Å². The van der Waals surface area contributed by atoms with Gasteiger partial charge in [-0.05, 0) is 38.5 Å². The van der Waals surface area contributed by atoms with Gasteiger partial charge in [0, 0.05) is 44.9 Å². The number of aliphatic carboxylic acids is 1. The number of halogens is 3. The molecule has 0 bridgehead atoms. The maximum absolute atomic E-state index is 11.7. The Morgan fingerprint density at radius 1 is 1.00 bits per heavy atom. The maximum Gasteiger partial charge on any atom is 0.490 e. The summed E-state index contributed by atoms with van der Waals surface area (Å²) in [5, 5.41) is 11.9. The summed E-state index contributed by atoms with van der Waals surface area (Å²) in [6, 6.07) is 12.1. The lowest BCUT2D eigenvalue weighted by atomic mass is 10.1. The van der Waals surface area contributed by atoms with Crippen LogP contribution in [0, 0.1) is 13.8 Å². The highest BCUT2D eigenvalue weighted by atomic mass is 19.4. The maximum atomic E-state index is 11.7. The van der Waals surface area contributed by atoms with E-state index >= 15 is 0 Å². The van der Waals surface area contributed by atoms with Gasteiger partial charge < -0.3 is 14.9 Å². The van der Waals surface area contributed by atoms with Crippen LogP contribution in [0.3, 0.4) is 0 Å². The van der Waals surface area contributed by atoms with Crippen molar-refractivity contribution in [1.29, 1.82) is 0 Å². The fraction of sp³-hybridized carbons (Fsp3) is 0.375. The van der Waals surface area contributed by atoms with Crippen LogP contribution in [-0.2, 0) is 9.59 Å². The molecular weight excluding hydrogens is 477 g/mol. The van der Waals surface area contributed by atoms with Gasteiger partial charge in [0.25, 0.3) is 0 Å². The molecule has 0 radical (unpaired) electrons. The Balaban J connectivity index is 0.000000454. The number of hydrogen-bond acceptors (Lipinski definition) is 6. The molecule has 3 heterocycles. The Morgan fingerprint density at radius 2 is 1.67 bits per heavy atom. The van der Waals surface area contributed by atoms with Gasteiger partial charge in [-0.25, -0.2) is 19.4 Å². The second-order valence-electron chi connectivity index (χ2n) is 8.18. The van der Waals surface area contributed by atoms with Crippen molar-refractivity contribution < 1.29 is 27.9 Å². The zero-order valence-electron chi connectivity index (χ0n) is 20.2. The molecule has 1 aromatic carbocycles. The van der Waals surface area contributed by atoms with Crippen molar-refractivity contribution in [3.8, 4) is 16.9 Å². The summed E-state index contributed by atoms with van der Waals surface area (Å²) >= 11 is 0. The topological polar surface area (TPSA) is 104 Å². The van der Waals surface area contributed by atoms with Crippen molar-refractivity contribution in [3.05, 3.63) is 54.0 Å². The van der Waals surface area contributed by atoms with Crippen molar-refractivity contribution >= 4 is 17.8 Å². The highest BCUT2D eigenvalue weighted by Crippen LogP contribution is 2.28. The molecule has 12 heteroatoms. The Kier molecular flexibility index (Phi) is 8.28. The fourth-order valence-electron chi connectivity index (χ4n) is 3.91. The van der Waals surface area contributed by atoms with Gasteiger partial charge in [-0.15, -0.1) is 0 Å². The standard InChI is InChI=1S/C22H26N6O.C2HF3O2/c1-16-21(17(2)28(25-16)19-8-5-4-6-9-19)20-10-11-23-22(24-20)27-13-7-12-26(14-15-27)18(3)29;3-2(4,5)1(6)7/h4-6,8-11H,7,12-15H2,1-3H3;(H,6,7). The molecule has 0 aliphatic carbocycles. The zero-order valence-corrected chi connectivity index (χ0v) is 20.2. The summed E-state index contributed by atoms with van der Waals surface area (Å²) in [5.41, 5.74) is 4.94. The first-order valence-corrected chi connectivity index (χ1v) is 11.2. The van der Waals surface area contributed by atoms with Gasteiger partial charge in [-0.3, -0.25) is 4.79 Å². The number of amides is 1. The first kappa shape index (κ1) is 26.6. The van der Waals surface area contributed by atoms with E-state index in [1.54, 1.807) is 6.92 Å². The van der Waals surface area contributed by atoms with E-state index in [2.05, 4.69) is 16.8 Å². The van der Waals surface area contributed by atoms with E-state index < -0.39 is 12.1 Å². The summed E-state index contributed by atoms with van der Waals surface area (Å²) in [4.78, 5) is 34.0. The highest BCUT2D eigenvalue weighted by molar-refractivity contribution is 5.73. The molecule has 0 spiro atoms. The van der Waals surface area contributed by atoms with Crippen LogP contribution in [0.5, 0.6) is 0 Å². The van der Waals surface area contributed by atoms with E-state index in [0.29, 0.717) is 12.5 Å². The van der Waals surface area contributed by atoms with E-state index in [4.69, 9.17) is 20.0 Å². The number of carbonyl (C=O) groups excluding carboxylic acids is 1. The lowest BCUT2D eigenvalue weighted by molar-refractivity contribution is -0.192. The van der Waals surface area contributed by atoms with Crippen molar-refractivity contribution in [2.75, 3.05) is 31.1 Å². The molecule has 3 aromatic rings. The average molecular weight is 505 g/mol. The Hall–Kier alpha value is -3.96. The van der Waals surface area contributed by atoms with E-state index in [0.717, 1.165) is 54.4 Å². The van der Waals surface area contributed by atoms with Crippen LogP contribution in [0.2, 0.25) is 0 Å². The summed E-state index contributed by atoms with van der Waals surface area (Å²) < 4.78 is 33.7. The monoisotopic (exact) mass is 504 g/mol. The van der Waals surface area contributed by atoms with Gasteiger partial charge in [0.15, 0.2) is 0 Å². The van der Waals surface area contributed by atoms with Gasteiger partial charge in [-0.1, -0.05) is 18.2 Å². The molecule has 192 valence electrons. The van der Waals surface area contributed by atoms with Crippen LogP contribution in [0.15, 0.2) is 42.6 Å². The average Bonchev–Trinajstić information content (AvgIpc) is 2.99. The Bertz CT molecular complexity index is 1210. The molecule has 1 aliphatic rings. The molecule has 36 heavy (non-hydrogen) atoms. The van der Waals surface area contributed by atoms with Crippen LogP contribution in [0.4, 0.5) is 19.1 Å². The third-order valence-electron chi connectivity index (χ3n) is 5.66. The minimum absolute atomic E-state index is 0.126. The second-order valence-corrected chi connectivity index (χ2v) is 8.18. The predicted octanol–water partition coefficient (Wildman–Crippen LogP) is 3.64. The zero-order chi connectivity index (χ0) is 26.5. The molecule has 1 aliphatic heterocycles. The Morgan fingerprint density at radius 3 is 2.28 bits per heavy atom. The summed E-state index contributed by atoms with van der Waals surface area (Å²) in [6.07, 6.45) is -2.36. The lowest BCUT2D eigenvalue weighted by Crippen LogP contribution is -2.34. The van der Waals surface area contributed by atoms with Crippen molar-refractivity contribution in [1.82, 2.24) is 24.6 Å². The van der Waals surface area contributed by atoms with Crippen LogP contribution in [0.1, 0.15) is 24.7 Å². The van der Waals surface area contributed by atoms with Crippen LogP contribution in [-0.4, -0.2) is 74.0 Å². The number of carboxylic acid groups (broad SMARTS) is 1. The van der Waals surface area contributed by atoms with Gasteiger partial charge in [-0.2, -0.15) is 18.3 Å². The third-order valence-corrected chi connectivity index (χ3v) is 5.66. The molecule has 0 unspecified atom stereocenters. The van der Waals surface area contributed by atoms with Crippen molar-refractivity contribution in [2.24, 2.45) is 0 Å². The van der Waals surface area contributed by atoms with E-state index in [1.165, 1.54) is 0 Å². The highest BCUT2D eigenvalue weighted by Gasteiger charge is 2.38. The Labute approximate surface area is 206 Å². The van der Waals surface area contributed by atoms with Crippen molar-refractivity contribution in [2.45, 2.75) is 33.4 Å². The number of alkyl halides is 3. The molecule has 4 rings (SSSR count). The summed E-state index contributed by atoms with van der Waals surface area (Å²) in [6.45, 7) is 8.78. The third kappa shape index (κ3) is 6.37. The van der Waals surface area contributed by atoms with Gasteiger partial charge in [0.1, 0.15) is 0 Å². The quantitative estimate of drug-likeness (QED) is 0.581. The van der Waals surface area contributed by atoms with E-state index in [1.807, 2.05) is 59.1 Å². The normalized spacial score (nSPS) is 14.1. The number of nitrogens with zero attached hydrogens (tertiary/aromatic N) is 6. The second kappa shape index (κ2) is 11.2. The molecule has 1 N–H and O–H groups in total. The number of anilines is 1. The number of rotatable bonds is 3. The SMILES string of the molecule is CC(=O)N1CCCN(c2nccc(-c3c(C)nn(-c4ccccc4)c3C)n2)CC1.O=C(O)C(F)(F)F. The number of aryl methyl sites for hydroxylation is 1. The summed E-state index contributed by atoms with van der Waals surface area (Å²) in [7, 11) is 0. The number of para-hydroxylation sites is 1. The molecule has 0 atom stereocenters. The molecule has 1 fully saturated rings. The van der Waals surface area contributed by atoms with Gasteiger partial charge >= 0.3 is 12.1 Å². The van der Waals surface area contributed by atoms with Gasteiger partial charge in [0.05, 0.1) is 22.8 Å². The van der Waals surface area contributed by atoms with E-state index in [9.17, 15) is 18.0 Å². The van der Waals surface area contributed by atoms with Crippen LogP contribution >= 0.6 is 0 Å². The lowest BCUT2D eigenvalue weighted by Gasteiger charge is -2.21. The van der Waals surface area contributed by atoms with Crippen molar-refractivity contribution in [3.63, 3.8) is 0 Å². The largest absolute Gasteiger partial charge is 0.490 e. The predicted molar refractivity (Wildman–Crippen MR) is 127 cm³/mol. The van der Waals surface area contributed by atoms with Crippen LogP contribution < -0.4 is 4.90 Å². The minimum atomic E-state index is -5.08. The number of carbonyl (C=O) groups is 2. The molecule has 0 saturated carbocycles. The molecule has 9 nitrogen and oxygen atoms in total. The molecular formula is C24H27F3N6O3. The smallest absolute Gasteiger partial charge is 0.475 e. The van der Waals surface area contributed by atoms with Gasteiger partial charge in [0.2, 0.25) is 11.9 Å². The molecule has 1 saturated heterocycles. The number of aromatic nitrogens is 4. The number of hydrogen-bond donors (Lipinski definition) is 1.